The number of hydrogen-bond donors (Lipinski definition) is 2. The van der Waals surface area contributed by atoms with Gasteiger partial charge in [0.2, 0.25) is 5.95 Å². The molecule has 0 saturated heterocycles. The highest BCUT2D eigenvalue weighted by Gasteiger charge is 2.10. The third kappa shape index (κ3) is 4.06. The van der Waals surface area contributed by atoms with Crippen molar-refractivity contribution in [1.29, 1.82) is 0 Å². The standard InChI is InChI=1S/C24H18FN5O/c1-15-4-2-6-18(12-15)27-24-28-23(29-30-24)16-5-3-7-19(13-16)31-22-10-11-26-21-14-17(25)8-9-20(21)22/h2-14H,1H3,(H2,27,28,29,30). The Morgan fingerprint density at radius 3 is 2.77 bits per heavy atom. The predicted molar refractivity (Wildman–Crippen MR) is 118 cm³/mol. The molecular formula is C24H18FN5O. The Balaban J connectivity index is 1.39. The first-order valence-corrected chi connectivity index (χ1v) is 9.73. The largest absolute Gasteiger partial charge is 0.457 e. The van der Waals surface area contributed by atoms with Crippen LogP contribution < -0.4 is 10.1 Å². The van der Waals surface area contributed by atoms with E-state index in [2.05, 4.69) is 25.5 Å². The first-order chi connectivity index (χ1) is 15.1. The lowest BCUT2D eigenvalue weighted by atomic mass is 10.2. The molecule has 152 valence electrons. The number of anilines is 2. The molecule has 2 aromatic heterocycles. The zero-order valence-corrected chi connectivity index (χ0v) is 16.6. The van der Waals surface area contributed by atoms with Gasteiger partial charge in [0.1, 0.15) is 17.3 Å². The van der Waals surface area contributed by atoms with Gasteiger partial charge in [0.05, 0.1) is 5.52 Å². The fraction of sp³-hybridized carbons (Fsp3) is 0.0417. The molecule has 31 heavy (non-hydrogen) atoms. The molecule has 0 fully saturated rings. The molecule has 0 bridgehead atoms. The van der Waals surface area contributed by atoms with Crippen molar-refractivity contribution in [2.75, 3.05) is 5.32 Å². The normalized spacial score (nSPS) is 10.9. The average molecular weight is 411 g/mol. The van der Waals surface area contributed by atoms with E-state index in [4.69, 9.17) is 4.74 Å². The molecule has 5 aromatic rings. The zero-order chi connectivity index (χ0) is 21.2. The minimum atomic E-state index is -0.334. The maximum atomic E-state index is 13.5. The van der Waals surface area contributed by atoms with Crippen LogP contribution in [0.5, 0.6) is 11.5 Å². The van der Waals surface area contributed by atoms with E-state index in [1.54, 1.807) is 18.3 Å². The van der Waals surface area contributed by atoms with E-state index in [0.29, 0.717) is 28.8 Å². The van der Waals surface area contributed by atoms with Gasteiger partial charge in [-0.1, -0.05) is 24.3 Å². The lowest BCUT2D eigenvalue weighted by Crippen LogP contribution is -1.92. The van der Waals surface area contributed by atoms with Crippen molar-refractivity contribution in [2.24, 2.45) is 0 Å². The minimum Gasteiger partial charge on any atom is -0.457 e. The molecule has 5 rings (SSSR count). The van der Waals surface area contributed by atoms with Crippen LogP contribution in [0, 0.1) is 12.7 Å². The summed E-state index contributed by atoms with van der Waals surface area (Å²) in [5, 5.41) is 11.1. The maximum Gasteiger partial charge on any atom is 0.246 e. The van der Waals surface area contributed by atoms with Crippen molar-refractivity contribution in [3.63, 3.8) is 0 Å². The zero-order valence-electron chi connectivity index (χ0n) is 16.6. The van der Waals surface area contributed by atoms with Crippen LogP contribution in [0.15, 0.2) is 79.0 Å². The van der Waals surface area contributed by atoms with Gasteiger partial charge >= 0.3 is 0 Å². The van der Waals surface area contributed by atoms with Gasteiger partial charge in [-0.05, 0) is 55.0 Å². The monoisotopic (exact) mass is 411 g/mol. The van der Waals surface area contributed by atoms with Crippen LogP contribution >= 0.6 is 0 Å². The molecule has 0 saturated carbocycles. The number of nitrogens with one attached hydrogen (secondary N) is 2. The van der Waals surface area contributed by atoms with Gasteiger partial charge in [-0.3, -0.25) is 10.1 Å². The molecule has 0 amide bonds. The van der Waals surface area contributed by atoms with Crippen LogP contribution in [-0.4, -0.2) is 20.2 Å². The summed E-state index contributed by atoms with van der Waals surface area (Å²) in [5.74, 6) is 1.98. The first kappa shape index (κ1) is 18.7. The number of aryl methyl sites for hydroxylation is 1. The van der Waals surface area contributed by atoms with Gasteiger partial charge in [-0.15, -0.1) is 5.10 Å². The van der Waals surface area contributed by atoms with Gasteiger partial charge in [0, 0.05) is 28.9 Å². The van der Waals surface area contributed by atoms with Crippen molar-refractivity contribution < 1.29 is 9.13 Å². The number of fused-ring (bicyclic) bond motifs is 1. The van der Waals surface area contributed by atoms with Crippen molar-refractivity contribution in [3.05, 3.63) is 90.4 Å². The van der Waals surface area contributed by atoms with Crippen molar-refractivity contribution >= 4 is 22.5 Å². The summed E-state index contributed by atoms with van der Waals surface area (Å²) in [4.78, 5) is 8.73. The Bertz CT molecular complexity index is 1380. The molecule has 2 heterocycles. The van der Waals surface area contributed by atoms with E-state index in [1.807, 2.05) is 55.5 Å². The molecule has 0 aliphatic heterocycles. The van der Waals surface area contributed by atoms with Crippen LogP contribution in [-0.2, 0) is 0 Å². The van der Waals surface area contributed by atoms with Crippen molar-refractivity contribution in [2.45, 2.75) is 6.92 Å². The molecule has 3 aromatic carbocycles. The van der Waals surface area contributed by atoms with E-state index < -0.39 is 0 Å². The van der Waals surface area contributed by atoms with E-state index in [9.17, 15) is 4.39 Å². The number of benzene rings is 3. The number of ether oxygens (including phenoxy) is 1. The predicted octanol–water partition coefficient (Wildman–Crippen LogP) is 6.00. The Hall–Kier alpha value is -4.26. The molecule has 0 atom stereocenters. The highest BCUT2D eigenvalue weighted by Crippen LogP contribution is 2.31. The summed E-state index contributed by atoms with van der Waals surface area (Å²) < 4.78 is 19.6. The van der Waals surface area contributed by atoms with Crippen LogP contribution in [0.25, 0.3) is 22.3 Å². The van der Waals surface area contributed by atoms with E-state index in [-0.39, 0.29) is 5.82 Å². The summed E-state index contributed by atoms with van der Waals surface area (Å²) >= 11 is 0. The molecule has 6 nitrogen and oxygen atoms in total. The summed E-state index contributed by atoms with van der Waals surface area (Å²) in [5.41, 5.74) is 3.43. The number of halogens is 1. The second kappa shape index (κ2) is 7.87. The third-order valence-electron chi connectivity index (χ3n) is 4.76. The average Bonchev–Trinajstić information content (AvgIpc) is 3.22. The number of pyridine rings is 1. The number of hydrogen-bond acceptors (Lipinski definition) is 5. The van der Waals surface area contributed by atoms with Crippen LogP contribution in [0.2, 0.25) is 0 Å². The number of rotatable bonds is 5. The molecule has 7 heteroatoms. The molecule has 0 spiro atoms. The van der Waals surface area contributed by atoms with Crippen molar-refractivity contribution in [1.82, 2.24) is 20.2 Å². The molecule has 0 aliphatic carbocycles. The number of aromatic amines is 1. The van der Waals surface area contributed by atoms with Gasteiger partial charge < -0.3 is 10.1 Å². The van der Waals surface area contributed by atoms with Gasteiger partial charge in [-0.2, -0.15) is 4.98 Å². The Morgan fingerprint density at radius 1 is 0.968 bits per heavy atom. The molecule has 0 unspecified atom stereocenters. The second-order valence-electron chi connectivity index (χ2n) is 7.10. The Labute approximate surface area is 177 Å². The fourth-order valence-electron chi connectivity index (χ4n) is 3.32. The quantitative estimate of drug-likeness (QED) is 0.371. The van der Waals surface area contributed by atoms with Crippen LogP contribution in [0.1, 0.15) is 5.56 Å². The number of H-pyrrole nitrogens is 1. The molecular weight excluding hydrogens is 393 g/mol. The number of aromatic nitrogens is 4. The molecule has 0 radical (unpaired) electrons. The fourth-order valence-corrected chi connectivity index (χ4v) is 3.32. The number of nitrogens with zero attached hydrogens (tertiary/aromatic N) is 3. The van der Waals surface area contributed by atoms with E-state index in [0.717, 1.165) is 22.2 Å². The molecule has 0 aliphatic rings. The van der Waals surface area contributed by atoms with Crippen LogP contribution in [0.3, 0.4) is 0 Å². The van der Waals surface area contributed by atoms with Gasteiger partial charge in [0.15, 0.2) is 5.82 Å². The Kier molecular flexibility index (Phi) is 4.76. The first-order valence-electron chi connectivity index (χ1n) is 9.73. The van der Waals surface area contributed by atoms with Crippen molar-refractivity contribution in [3.8, 4) is 22.9 Å². The van der Waals surface area contributed by atoms with Crippen LogP contribution in [0.4, 0.5) is 16.0 Å². The summed E-state index contributed by atoms with van der Waals surface area (Å²) in [6.07, 6.45) is 1.60. The lowest BCUT2D eigenvalue weighted by molar-refractivity contribution is 0.488. The van der Waals surface area contributed by atoms with E-state index >= 15 is 0 Å². The third-order valence-corrected chi connectivity index (χ3v) is 4.76. The molecule has 2 N–H and O–H groups in total. The summed E-state index contributed by atoms with van der Waals surface area (Å²) in [6.45, 7) is 2.03. The Morgan fingerprint density at radius 2 is 1.87 bits per heavy atom. The van der Waals surface area contributed by atoms with E-state index in [1.165, 1.54) is 12.1 Å². The summed E-state index contributed by atoms with van der Waals surface area (Å²) in [6, 6.07) is 21.7. The smallest absolute Gasteiger partial charge is 0.246 e. The minimum absolute atomic E-state index is 0.334. The maximum absolute atomic E-state index is 13.5. The topological polar surface area (TPSA) is 75.7 Å². The summed E-state index contributed by atoms with van der Waals surface area (Å²) in [7, 11) is 0. The lowest BCUT2D eigenvalue weighted by Gasteiger charge is -2.09. The van der Waals surface area contributed by atoms with Gasteiger partial charge in [-0.25, -0.2) is 4.39 Å². The highest BCUT2D eigenvalue weighted by atomic mass is 19.1. The highest BCUT2D eigenvalue weighted by molar-refractivity contribution is 5.85. The van der Waals surface area contributed by atoms with Gasteiger partial charge in [0.25, 0.3) is 0 Å². The second-order valence-corrected chi connectivity index (χ2v) is 7.10. The SMILES string of the molecule is Cc1cccc(Nc2n[nH]c(-c3cccc(Oc4ccnc5cc(F)ccc45)c3)n2)c1.